The Hall–Kier alpha value is -9.96. The van der Waals surface area contributed by atoms with Gasteiger partial charge in [-0.25, -0.2) is 0 Å². The molecule has 0 spiro atoms. The summed E-state index contributed by atoms with van der Waals surface area (Å²) in [5.41, 5.74) is 15.2. The van der Waals surface area contributed by atoms with Crippen LogP contribution in [0.1, 0.15) is 0 Å². The van der Waals surface area contributed by atoms with Crippen molar-refractivity contribution in [3.63, 3.8) is 0 Å². The van der Waals surface area contributed by atoms with Gasteiger partial charge >= 0.3 is 0 Å². The van der Waals surface area contributed by atoms with Gasteiger partial charge < -0.3 is 14.2 Å². The Kier molecular flexibility index (Phi) is 9.89. The minimum atomic E-state index is 0.863. The Labute approximate surface area is 434 Å². The maximum atomic E-state index is 6.74. The molecule has 75 heavy (non-hydrogen) atoms. The predicted molar refractivity (Wildman–Crippen MR) is 318 cm³/mol. The molecule has 13 aromatic carbocycles. The van der Waals surface area contributed by atoms with Gasteiger partial charge in [-0.3, -0.25) is 0 Å². The molecule has 0 amide bonds. The van der Waals surface area contributed by atoms with E-state index in [1.807, 2.05) is 0 Å². The van der Waals surface area contributed by atoms with Gasteiger partial charge in [-0.05, 0) is 137 Å². The zero-order chi connectivity index (χ0) is 49.4. The zero-order valence-electron chi connectivity index (χ0n) is 40.9. The Balaban J connectivity index is 1.12. The lowest BCUT2D eigenvalue weighted by atomic mass is 9.92. The topological polar surface area (TPSA) is 19.6 Å². The number of rotatable bonds is 5. The van der Waals surface area contributed by atoms with Gasteiger partial charge in [-0.1, -0.05) is 212 Å². The fraction of sp³-hybridized carbons (Fsp3) is 0. The second-order valence-electron chi connectivity index (χ2n) is 19.5. The second-order valence-corrected chi connectivity index (χ2v) is 19.5. The van der Waals surface area contributed by atoms with Gasteiger partial charge in [0.1, 0.15) is 11.2 Å². The molecular formula is C72H46N2O. The van der Waals surface area contributed by atoms with E-state index < -0.39 is 0 Å². The van der Waals surface area contributed by atoms with Crippen LogP contribution in [0.4, 0.5) is 34.1 Å². The third kappa shape index (κ3) is 6.83. The summed E-state index contributed by atoms with van der Waals surface area (Å²) >= 11 is 0. The lowest BCUT2D eigenvalue weighted by Gasteiger charge is -2.34. The first-order valence-electron chi connectivity index (χ1n) is 25.7. The molecular weight excluding hydrogens is 909 g/mol. The van der Waals surface area contributed by atoms with E-state index in [1.54, 1.807) is 0 Å². The van der Waals surface area contributed by atoms with Crippen molar-refractivity contribution in [3.05, 3.63) is 279 Å². The van der Waals surface area contributed by atoms with Gasteiger partial charge in [0.05, 0.1) is 17.1 Å². The highest BCUT2D eigenvalue weighted by Gasteiger charge is 2.31. The van der Waals surface area contributed by atoms with Crippen molar-refractivity contribution in [1.29, 1.82) is 0 Å². The summed E-state index contributed by atoms with van der Waals surface area (Å²) in [5.74, 6) is 0. The van der Waals surface area contributed by atoms with E-state index in [-0.39, 0.29) is 0 Å². The Morgan fingerprint density at radius 2 is 0.760 bits per heavy atom. The van der Waals surface area contributed by atoms with Crippen molar-refractivity contribution >= 4 is 110 Å². The highest BCUT2D eigenvalue weighted by molar-refractivity contribution is 6.33. The van der Waals surface area contributed by atoms with E-state index in [2.05, 4.69) is 289 Å². The zero-order valence-corrected chi connectivity index (χ0v) is 40.9. The smallest absolute Gasteiger partial charge is 0.136 e. The molecule has 3 heteroatoms. The molecule has 0 bridgehead atoms. The average molecular weight is 955 g/mol. The summed E-state index contributed by atoms with van der Waals surface area (Å²) < 4.78 is 6.74. The van der Waals surface area contributed by atoms with Crippen molar-refractivity contribution in [2.45, 2.75) is 0 Å². The summed E-state index contributed by atoms with van der Waals surface area (Å²) in [6.45, 7) is 0. The normalized spacial score (nSPS) is 12.0. The van der Waals surface area contributed by atoms with E-state index in [0.717, 1.165) is 94.1 Å². The van der Waals surface area contributed by atoms with E-state index >= 15 is 0 Å². The summed E-state index contributed by atoms with van der Waals surface area (Å²) in [7, 11) is 0. The molecule has 0 saturated heterocycles. The molecule has 0 aliphatic carbocycles. The van der Waals surface area contributed by atoms with Crippen LogP contribution in [0.5, 0.6) is 0 Å². The van der Waals surface area contributed by atoms with Gasteiger partial charge in [0, 0.05) is 44.3 Å². The molecule has 1 aromatic heterocycles. The quantitative estimate of drug-likeness (QED) is 0.171. The fourth-order valence-corrected chi connectivity index (χ4v) is 12.1. The molecule has 0 saturated carbocycles. The molecule has 14 aromatic rings. The highest BCUT2D eigenvalue weighted by atomic mass is 16.3. The van der Waals surface area contributed by atoms with Crippen LogP contribution in [-0.2, 0) is 0 Å². The summed E-state index contributed by atoms with van der Waals surface area (Å²) in [6, 6.07) is 102. The molecule has 3 nitrogen and oxygen atoms in total. The summed E-state index contributed by atoms with van der Waals surface area (Å²) in [6.07, 6.45) is 0. The third-order valence-corrected chi connectivity index (χ3v) is 15.4. The van der Waals surface area contributed by atoms with Crippen molar-refractivity contribution in [3.8, 4) is 33.4 Å². The number of hydrogen-bond donors (Lipinski definition) is 0. The Bertz CT molecular complexity index is 4650. The molecule has 350 valence electrons. The Morgan fingerprint density at radius 3 is 1.45 bits per heavy atom. The minimum absolute atomic E-state index is 0.863. The molecule has 0 atom stereocenters. The van der Waals surface area contributed by atoms with E-state index in [1.165, 1.54) is 49.2 Å². The SMILES string of the molecule is c1ccc(-c2ccc(N(c3ccc4c5ccccc5c5ccccc5c5ccccc5c5c(ccc6oc7ccccc7c65)c4c3)c3cccc4c3N(c3ccccc3)c3ccccc3-c3ccccc3-4)cc2)cc1. The highest BCUT2D eigenvalue weighted by Crippen LogP contribution is 2.56. The van der Waals surface area contributed by atoms with Crippen LogP contribution in [0.2, 0.25) is 0 Å². The fourth-order valence-electron chi connectivity index (χ4n) is 12.1. The molecule has 1 aliphatic heterocycles. The first kappa shape index (κ1) is 42.7. The second kappa shape index (κ2) is 17.4. The summed E-state index contributed by atoms with van der Waals surface area (Å²) in [5, 5.41) is 13.8. The van der Waals surface area contributed by atoms with E-state index in [9.17, 15) is 0 Å². The molecule has 0 unspecified atom stereocenters. The van der Waals surface area contributed by atoms with Gasteiger partial charge in [0.2, 0.25) is 0 Å². The number of nitrogens with zero attached hydrogens (tertiary/aromatic N) is 2. The van der Waals surface area contributed by atoms with Gasteiger partial charge in [-0.2, -0.15) is 0 Å². The number of para-hydroxylation sites is 4. The predicted octanol–water partition coefficient (Wildman–Crippen LogP) is 20.7. The molecule has 0 fully saturated rings. The monoisotopic (exact) mass is 954 g/mol. The van der Waals surface area contributed by atoms with E-state index in [4.69, 9.17) is 4.42 Å². The molecule has 15 rings (SSSR count). The summed E-state index contributed by atoms with van der Waals surface area (Å²) in [4.78, 5) is 4.97. The van der Waals surface area contributed by atoms with Crippen LogP contribution in [0.3, 0.4) is 0 Å². The lowest BCUT2D eigenvalue weighted by Crippen LogP contribution is -2.17. The maximum Gasteiger partial charge on any atom is 0.136 e. The van der Waals surface area contributed by atoms with Gasteiger partial charge in [-0.15, -0.1) is 0 Å². The minimum Gasteiger partial charge on any atom is -0.456 e. The van der Waals surface area contributed by atoms with Crippen LogP contribution in [0.25, 0.3) is 109 Å². The van der Waals surface area contributed by atoms with Crippen LogP contribution in [0, 0.1) is 0 Å². The Morgan fingerprint density at radius 1 is 0.280 bits per heavy atom. The van der Waals surface area contributed by atoms with Crippen LogP contribution in [0.15, 0.2) is 283 Å². The number of hydrogen-bond acceptors (Lipinski definition) is 3. The number of fused-ring (bicyclic) bond motifs is 19. The van der Waals surface area contributed by atoms with Crippen molar-refractivity contribution in [2.75, 3.05) is 9.80 Å². The van der Waals surface area contributed by atoms with Crippen molar-refractivity contribution in [2.24, 2.45) is 0 Å². The van der Waals surface area contributed by atoms with Crippen molar-refractivity contribution < 1.29 is 4.42 Å². The number of anilines is 6. The lowest BCUT2D eigenvalue weighted by molar-refractivity contribution is 0.669. The molecule has 1 aliphatic rings. The number of furan rings is 1. The number of benzene rings is 12. The third-order valence-electron chi connectivity index (χ3n) is 15.4. The first-order valence-corrected chi connectivity index (χ1v) is 25.7. The van der Waals surface area contributed by atoms with Crippen LogP contribution in [-0.4, -0.2) is 0 Å². The van der Waals surface area contributed by atoms with Gasteiger partial charge in [0.15, 0.2) is 0 Å². The van der Waals surface area contributed by atoms with Gasteiger partial charge in [0.25, 0.3) is 0 Å². The maximum absolute atomic E-state index is 6.74. The van der Waals surface area contributed by atoms with Crippen LogP contribution < -0.4 is 9.80 Å². The largest absolute Gasteiger partial charge is 0.456 e. The van der Waals surface area contributed by atoms with Crippen LogP contribution >= 0.6 is 0 Å². The van der Waals surface area contributed by atoms with Crippen molar-refractivity contribution in [1.82, 2.24) is 0 Å². The molecule has 0 N–H and O–H groups in total. The molecule has 0 radical (unpaired) electrons. The average Bonchev–Trinajstić information content (AvgIpc) is 3.83. The standard InChI is InChI=1S/C72H46N2O/c1-3-20-47(21-4-1)48-38-40-50(41-39-48)73(67-36-19-34-63-58-30-12-11-28-56(58)60-31-15-17-35-66(60)74(72(63)67)49-22-5-2-6-23-49)51-42-43-59-55-27-10-8-25-53(55)52-24-7-9-26-54(52)57-29-13-14-32-61(57)70-62(65(59)46-51)44-45-69-71(70)64-33-16-18-37-68(64)75-69/h1-46H. The molecule has 2 heterocycles. The first-order chi connectivity index (χ1) is 37.2. The van der Waals surface area contributed by atoms with E-state index in [0.29, 0.717) is 0 Å².